The van der Waals surface area contributed by atoms with Crippen molar-refractivity contribution in [2.24, 2.45) is 0 Å². The van der Waals surface area contributed by atoms with Crippen molar-refractivity contribution >= 4 is 5.82 Å². The quantitative estimate of drug-likeness (QED) is 0.873. The van der Waals surface area contributed by atoms with Gasteiger partial charge in [0.1, 0.15) is 17.9 Å². The number of hydrogen-bond donors (Lipinski definition) is 1. The second-order valence-electron chi connectivity index (χ2n) is 4.53. The van der Waals surface area contributed by atoms with Crippen LogP contribution in [0.1, 0.15) is 25.8 Å². The van der Waals surface area contributed by atoms with Gasteiger partial charge in [0.15, 0.2) is 0 Å². The van der Waals surface area contributed by atoms with Gasteiger partial charge in [0.2, 0.25) is 0 Å². The van der Waals surface area contributed by atoms with Crippen LogP contribution in [-0.4, -0.2) is 23.6 Å². The Balaban J connectivity index is 2.31. The number of anilines is 1. The summed E-state index contributed by atoms with van der Waals surface area (Å²) >= 11 is 0. The molecule has 0 bridgehead atoms. The molecule has 0 aliphatic heterocycles. The van der Waals surface area contributed by atoms with Crippen LogP contribution in [0.25, 0.3) is 11.3 Å². The van der Waals surface area contributed by atoms with E-state index >= 15 is 0 Å². The third-order valence-corrected chi connectivity index (χ3v) is 3.14. The number of nitrogens with zero attached hydrogens (tertiary/aromatic N) is 2. The predicted molar refractivity (Wildman–Crippen MR) is 82.2 cm³/mol. The molecule has 0 fully saturated rings. The molecule has 106 valence electrons. The Labute approximate surface area is 120 Å². The molecule has 2 aromatic rings. The molecule has 4 heteroatoms. The minimum Gasteiger partial charge on any atom is -0.494 e. The van der Waals surface area contributed by atoms with Crippen LogP contribution in [0.5, 0.6) is 5.75 Å². The number of hydrogen-bond acceptors (Lipinski definition) is 4. The molecule has 0 amide bonds. The number of benzene rings is 1. The van der Waals surface area contributed by atoms with E-state index in [9.17, 15) is 0 Å². The first-order valence-electron chi connectivity index (χ1n) is 7.05. The molecule has 4 nitrogen and oxygen atoms in total. The van der Waals surface area contributed by atoms with E-state index in [0.717, 1.165) is 47.8 Å². The van der Waals surface area contributed by atoms with Crippen LogP contribution < -0.4 is 10.1 Å². The van der Waals surface area contributed by atoms with Gasteiger partial charge in [0.05, 0.1) is 12.3 Å². The molecule has 0 saturated heterocycles. The van der Waals surface area contributed by atoms with E-state index in [1.807, 2.05) is 31.3 Å². The first-order chi connectivity index (χ1) is 9.80. The second-order valence-corrected chi connectivity index (χ2v) is 4.53. The summed E-state index contributed by atoms with van der Waals surface area (Å²) in [6, 6.07) is 8.08. The van der Waals surface area contributed by atoms with Gasteiger partial charge in [-0.15, -0.1) is 0 Å². The monoisotopic (exact) mass is 271 g/mol. The molecule has 0 aliphatic carbocycles. The molecule has 1 N–H and O–H groups in total. The largest absolute Gasteiger partial charge is 0.494 e. The van der Waals surface area contributed by atoms with Gasteiger partial charge in [-0.25, -0.2) is 9.97 Å². The summed E-state index contributed by atoms with van der Waals surface area (Å²) in [5.74, 6) is 1.79. The molecule has 0 radical (unpaired) electrons. The van der Waals surface area contributed by atoms with Gasteiger partial charge in [-0.1, -0.05) is 13.8 Å². The van der Waals surface area contributed by atoms with Crippen molar-refractivity contribution in [2.75, 3.05) is 19.0 Å². The third kappa shape index (κ3) is 3.07. The Bertz CT molecular complexity index is 552. The maximum absolute atomic E-state index is 5.60. The molecule has 2 rings (SSSR count). The van der Waals surface area contributed by atoms with E-state index in [1.54, 1.807) is 6.33 Å². The lowest BCUT2D eigenvalue weighted by Gasteiger charge is -2.11. The van der Waals surface area contributed by atoms with Crippen molar-refractivity contribution in [3.63, 3.8) is 0 Å². The van der Waals surface area contributed by atoms with E-state index in [0.29, 0.717) is 0 Å². The zero-order chi connectivity index (χ0) is 14.4. The predicted octanol–water partition coefficient (Wildman–Crippen LogP) is 3.54. The Morgan fingerprint density at radius 3 is 2.45 bits per heavy atom. The van der Waals surface area contributed by atoms with E-state index in [-0.39, 0.29) is 0 Å². The minimum atomic E-state index is 0.747. The summed E-state index contributed by atoms with van der Waals surface area (Å²) in [5, 5.41) is 3.12. The van der Waals surface area contributed by atoms with Gasteiger partial charge in [0, 0.05) is 18.2 Å². The summed E-state index contributed by atoms with van der Waals surface area (Å²) in [5.41, 5.74) is 3.20. The fraction of sp³-hybridized carbons (Fsp3) is 0.375. The zero-order valence-electron chi connectivity index (χ0n) is 12.3. The van der Waals surface area contributed by atoms with E-state index in [2.05, 4.69) is 29.1 Å². The Kier molecular flexibility index (Phi) is 4.93. The standard InChI is InChI=1S/C16H21N3O/c1-4-10-20-13-8-6-12(7-9-13)15-14(5-2)16(17-3)19-11-18-15/h6-9,11H,4-5,10H2,1-3H3,(H,17,18,19). The molecule has 0 spiro atoms. The van der Waals surface area contributed by atoms with Gasteiger partial charge in [-0.3, -0.25) is 0 Å². The number of aromatic nitrogens is 2. The maximum atomic E-state index is 5.60. The van der Waals surface area contributed by atoms with Gasteiger partial charge < -0.3 is 10.1 Å². The van der Waals surface area contributed by atoms with Crippen molar-refractivity contribution < 1.29 is 4.74 Å². The fourth-order valence-corrected chi connectivity index (χ4v) is 2.14. The van der Waals surface area contributed by atoms with Crippen molar-refractivity contribution in [1.82, 2.24) is 9.97 Å². The topological polar surface area (TPSA) is 47.0 Å². The summed E-state index contributed by atoms with van der Waals surface area (Å²) in [6.07, 6.45) is 3.50. The molecule has 1 aromatic heterocycles. The van der Waals surface area contributed by atoms with Crippen LogP contribution in [0.4, 0.5) is 5.82 Å². The van der Waals surface area contributed by atoms with Crippen molar-refractivity contribution in [3.05, 3.63) is 36.2 Å². The molecule has 1 heterocycles. The summed E-state index contributed by atoms with van der Waals surface area (Å²) in [6.45, 7) is 4.96. The molecular weight excluding hydrogens is 250 g/mol. The van der Waals surface area contributed by atoms with Gasteiger partial charge in [-0.05, 0) is 37.1 Å². The van der Waals surface area contributed by atoms with E-state index in [1.165, 1.54) is 0 Å². The Morgan fingerprint density at radius 2 is 1.85 bits per heavy atom. The number of ether oxygens (including phenoxy) is 1. The molecule has 1 aromatic carbocycles. The minimum absolute atomic E-state index is 0.747. The first-order valence-corrected chi connectivity index (χ1v) is 7.05. The average Bonchev–Trinajstić information content (AvgIpc) is 2.52. The smallest absolute Gasteiger partial charge is 0.132 e. The Morgan fingerprint density at radius 1 is 1.10 bits per heavy atom. The second kappa shape index (κ2) is 6.89. The molecule has 0 unspecified atom stereocenters. The van der Waals surface area contributed by atoms with Gasteiger partial charge >= 0.3 is 0 Å². The van der Waals surface area contributed by atoms with Crippen molar-refractivity contribution in [1.29, 1.82) is 0 Å². The highest BCUT2D eigenvalue weighted by atomic mass is 16.5. The molecule has 0 atom stereocenters. The van der Waals surface area contributed by atoms with Crippen molar-refractivity contribution in [3.8, 4) is 17.0 Å². The van der Waals surface area contributed by atoms with Crippen molar-refractivity contribution in [2.45, 2.75) is 26.7 Å². The fourth-order valence-electron chi connectivity index (χ4n) is 2.14. The zero-order valence-corrected chi connectivity index (χ0v) is 12.3. The lowest BCUT2D eigenvalue weighted by Crippen LogP contribution is -2.02. The highest BCUT2D eigenvalue weighted by molar-refractivity contribution is 5.68. The highest BCUT2D eigenvalue weighted by Gasteiger charge is 2.10. The maximum Gasteiger partial charge on any atom is 0.132 e. The number of rotatable bonds is 6. The average molecular weight is 271 g/mol. The van der Waals surface area contributed by atoms with Crippen LogP contribution in [0, 0.1) is 0 Å². The van der Waals surface area contributed by atoms with Crippen LogP contribution in [0.3, 0.4) is 0 Å². The molecule has 0 saturated carbocycles. The normalized spacial score (nSPS) is 10.3. The van der Waals surface area contributed by atoms with Gasteiger partial charge in [0.25, 0.3) is 0 Å². The van der Waals surface area contributed by atoms with E-state index in [4.69, 9.17) is 4.74 Å². The SMILES string of the molecule is CCCOc1ccc(-c2ncnc(NC)c2CC)cc1. The van der Waals surface area contributed by atoms with Gasteiger partial charge in [-0.2, -0.15) is 0 Å². The Hall–Kier alpha value is -2.10. The molecular formula is C16H21N3O. The first kappa shape index (κ1) is 14.3. The summed E-state index contributed by atoms with van der Waals surface area (Å²) in [7, 11) is 1.88. The molecule has 0 aliphatic rings. The summed E-state index contributed by atoms with van der Waals surface area (Å²) in [4.78, 5) is 8.69. The summed E-state index contributed by atoms with van der Waals surface area (Å²) < 4.78 is 5.60. The lowest BCUT2D eigenvalue weighted by molar-refractivity contribution is 0.317. The van der Waals surface area contributed by atoms with Crippen LogP contribution in [0.15, 0.2) is 30.6 Å². The lowest BCUT2D eigenvalue weighted by atomic mass is 10.0. The third-order valence-electron chi connectivity index (χ3n) is 3.14. The van der Waals surface area contributed by atoms with Crippen LogP contribution >= 0.6 is 0 Å². The number of nitrogens with one attached hydrogen (secondary N) is 1. The van der Waals surface area contributed by atoms with Crippen LogP contribution in [-0.2, 0) is 6.42 Å². The van der Waals surface area contributed by atoms with Crippen LogP contribution in [0.2, 0.25) is 0 Å². The van der Waals surface area contributed by atoms with E-state index < -0.39 is 0 Å². The highest BCUT2D eigenvalue weighted by Crippen LogP contribution is 2.27. The molecule has 20 heavy (non-hydrogen) atoms.